The van der Waals surface area contributed by atoms with Gasteiger partial charge in [-0.3, -0.25) is 4.98 Å². The lowest BCUT2D eigenvalue weighted by atomic mass is 10.1. The maximum atomic E-state index is 13.1. The molecule has 4 heteroatoms. The number of halogens is 2. The molecule has 2 aromatic carbocycles. The topological polar surface area (TPSA) is 24.9 Å². The van der Waals surface area contributed by atoms with Gasteiger partial charge in [-0.25, -0.2) is 4.39 Å². The Labute approximate surface area is 124 Å². The Morgan fingerprint density at radius 2 is 2.05 bits per heavy atom. The Bertz CT molecular complexity index is 753. The average molecular weight is 331 g/mol. The summed E-state index contributed by atoms with van der Waals surface area (Å²) in [7, 11) is 0. The lowest BCUT2D eigenvalue weighted by Crippen LogP contribution is -2.01. The van der Waals surface area contributed by atoms with Crippen LogP contribution >= 0.6 is 15.9 Å². The van der Waals surface area contributed by atoms with Crippen molar-refractivity contribution in [1.82, 2.24) is 4.98 Å². The number of nitrogens with one attached hydrogen (secondary N) is 1. The number of hydrogen-bond acceptors (Lipinski definition) is 2. The van der Waals surface area contributed by atoms with E-state index in [4.69, 9.17) is 0 Å². The van der Waals surface area contributed by atoms with Gasteiger partial charge in [0.1, 0.15) is 5.82 Å². The van der Waals surface area contributed by atoms with Crippen LogP contribution < -0.4 is 5.32 Å². The van der Waals surface area contributed by atoms with E-state index in [-0.39, 0.29) is 5.82 Å². The fourth-order valence-electron chi connectivity index (χ4n) is 2.12. The van der Waals surface area contributed by atoms with Gasteiger partial charge in [0.15, 0.2) is 0 Å². The highest BCUT2D eigenvalue weighted by Crippen LogP contribution is 2.24. The first kappa shape index (κ1) is 13.1. The molecule has 0 bridgehead atoms. The minimum atomic E-state index is -0.241. The van der Waals surface area contributed by atoms with Gasteiger partial charge in [0.05, 0.1) is 0 Å². The van der Waals surface area contributed by atoms with E-state index in [1.165, 1.54) is 12.1 Å². The van der Waals surface area contributed by atoms with Crippen molar-refractivity contribution in [3.8, 4) is 0 Å². The molecule has 0 fully saturated rings. The highest BCUT2D eigenvalue weighted by atomic mass is 79.9. The van der Waals surface area contributed by atoms with Gasteiger partial charge < -0.3 is 5.32 Å². The third-order valence-electron chi connectivity index (χ3n) is 3.17. The number of nitrogens with zero attached hydrogens (tertiary/aromatic N) is 1. The zero-order valence-electron chi connectivity index (χ0n) is 10.6. The van der Waals surface area contributed by atoms with Crippen LogP contribution in [0.3, 0.4) is 0 Å². The molecule has 0 saturated carbocycles. The number of fused-ring (bicyclic) bond motifs is 1. The smallest absolute Gasteiger partial charge is 0.124 e. The lowest BCUT2D eigenvalue weighted by Gasteiger charge is -2.10. The van der Waals surface area contributed by atoms with E-state index in [0.29, 0.717) is 6.54 Å². The van der Waals surface area contributed by atoms with Crippen LogP contribution in [0.1, 0.15) is 5.56 Å². The summed E-state index contributed by atoms with van der Waals surface area (Å²) >= 11 is 3.38. The van der Waals surface area contributed by atoms with Crippen molar-refractivity contribution in [2.45, 2.75) is 6.54 Å². The Kier molecular flexibility index (Phi) is 3.65. The van der Waals surface area contributed by atoms with Crippen LogP contribution in [-0.4, -0.2) is 4.98 Å². The molecule has 2 nitrogen and oxygen atoms in total. The van der Waals surface area contributed by atoms with E-state index in [0.717, 1.165) is 26.5 Å². The van der Waals surface area contributed by atoms with Gasteiger partial charge >= 0.3 is 0 Å². The molecule has 1 heterocycles. The first-order valence-corrected chi connectivity index (χ1v) is 7.04. The van der Waals surface area contributed by atoms with Crippen LogP contribution in [0.4, 0.5) is 10.1 Å². The Morgan fingerprint density at radius 3 is 2.90 bits per heavy atom. The molecule has 0 aliphatic heterocycles. The molecule has 0 radical (unpaired) electrons. The molecule has 3 aromatic rings. The summed E-state index contributed by atoms with van der Waals surface area (Å²) in [6.07, 6.45) is 3.63. The maximum Gasteiger partial charge on any atom is 0.124 e. The zero-order chi connectivity index (χ0) is 13.9. The number of pyridine rings is 1. The van der Waals surface area contributed by atoms with E-state index in [1.54, 1.807) is 12.3 Å². The highest BCUT2D eigenvalue weighted by molar-refractivity contribution is 9.10. The summed E-state index contributed by atoms with van der Waals surface area (Å²) in [6, 6.07) is 12.8. The fraction of sp³-hybridized carbons (Fsp3) is 0.0625. The minimum Gasteiger partial charge on any atom is -0.380 e. The van der Waals surface area contributed by atoms with Crippen LogP contribution in [0.15, 0.2) is 59.3 Å². The SMILES string of the molecule is Fc1ccc(CNc2cccc3ccncc23)c(Br)c1. The predicted molar refractivity (Wildman–Crippen MR) is 83.2 cm³/mol. The van der Waals surface area contributed by atoms with Gasteiger partial charge in [-0.1, -0.05) is 34.1 Å². The van der Waals surface area contributed by atoms with Crippen molar-refractivity contribution >= 4 is 32.4 Å². The van der Waals surface area contributed by atoms with Crippen molar-refractivity contribution in [3.05, 3.63) is 70.7 Å². The average Bonchev–Trinajstić information content (AvgIpc) is 2.46. The quantitative estimate of drug-likeness (QED) is 0.749. The first-order valence-electron chi connectivity index (χ1n) is 6.24. The second-order valence-electron chi connectivity index (χ2n) is 4.49. The normalized spacial score (nSPS) is 10.7. The van der Waals surface area contributed by atoms with Crippen LogP contribution in [0.5, 0.6) is 0 Å². The monoisotopic (exact) mass is 330 g/mol. The van der Waals surface area contributed by atoms with Gasteiger partial charge in [-0.15, -0.1) is 0 Å². The molecule has 20 heavy (non-hydrogen) atoms. The number of benzene rings is 2. The number of anilines is 1. The molecule has 0 atom stereocenters. The Balaban J connectivity index is 1.87. The van der Waals surface area contributed by atoms with E-state index >= 15 is 0 Å². The number of rotatable bonds is 3. The van der Waals surface area contributed by atoms with Gasteiger partial charge in [0.2, 0.25) is 0 Å². The molecule has 100 valence electrons. The van der Waals surface area contributed by atoms with Crippen molar-refractivity contribution in [1.29, 1.82) is 0 Å². The molecule has 0 amide bonds. The predicted octanol–water partition coefficient (Wildman–Crippen LogP) is 4.75. The van der Waals surface area contributed by atoms with Crippen molar-refractivity contribution in [3.63, 3.8) is 0 Å². The van der Waals surface area contributed by atoms with Crippen LogP contribution in [0.2, 0.25) is 0 Å². The van der Waals surface area contributed by atoms with E-state index < -0.39 is 0 Å². The minimum absolute atomic E-state index is 0.241. The molecule has 3 rings (SSSR count). The van der Waals surface area contributed by atoms with E-state index in [2.05, 4.69) is 32.3 Å². The third kappa shape index (κ3) is 2.65. The van der Waals surface area contributed by atoms with Gasteiger partial charge in [-0.2, -0.15) is 0 Å². The molecule has 0 aliphatic carbocycles. The molecule has 0 unspecified atom stereocenters. The van der Waals surface area contributed by atoms with Crippen LogP contribution in [0, 0.1) is 5.82 Å². The summed E-state index contributed by atoms with van der Waals surface area (Å²) in [5.74, 6) is -0.241. The molecule has 0 aliphatic rings. The third-order valence-corrected chi connectivity index (χ3v) is 3.91. The fourth-order valence-corrected chi connectivity index (χ4v) is 2.61. The Hall–Kier alpha value is -1.94. The molecular weight excluding hydrogens is 319 g/mol. The maximum absolute atomic E-state index is 13.1. The van der Waals surface area contributed by atoms with Crippen molar-refractivity contribution in [2.24, 2.45) is 0 Å². The number of aromatic nitrogens is 1. The van der Waals surface area contributed by atoms with Crippen LogP contribution in [0.25, 0.3) is 10.8 Å². The van der Waals surface area contributed by atoms with E-state index in [1.807, 2.05) is 24.4 Å². The molecule has 0 spiro atoms. The standard InChI is InChI=1S/C16H12BrFN2/c17-15-8-13(18)5-4-12(15)9-20-16-3-1-2-11-6-7-19-10-14(11)16/h1-8,10,20H,9H2. The van der Waals surface area contributed by atoms with Gasteiger partial charge in [-0.05, 0) is 35.2 Å². The number of hydrogen-bond donors (Lipinski definition) is 1. The lowest BCUT2D eigenvalue weighted by molar-refractivity contribution is 0.626. The van der Waals surface area contributed by atoms with Gasteiger partial charge in [0, 0.05) is 34.5 Å². The first-order chi connectivity index (χ1) is 9.74. The summed E-state index contributed by atoms with van der Waals surface area (Å²) in [5.41, 5.74) is 2.03. The van der Waals surface area contributed by atoms with Crippen LogP contribution in [-0.2, 0) is 6.54 Å². The highest BCUT2D eigenvalue weighted by Gasteiger charge is 2.04. The molecular formula is C16H12BrFN2. The summed E-state index contributed by atoms with van der Waals surface area (Å²) in [5, 5.41) is 5.59. The second-order valence-corrected chi connectivity index (χ2v) is 5.35. The Morgan fingerprint density at radius 1 is 1.15 bits per heavy atom. The molecule has 0 saturated heterocycles. The molecule has 1 aromatic heterocycles. The summed E-state index contributed by atoms with van der Waals surface area (Å²) < 4.78 is 13.8. The summed E-state index contributed by atoms with van der Waals surface area (Å²) in [6.45, 7) is 0.620. The van der Waals surface area contributed by atoms with E-state index in [9.17, 15) is 4.39 Å². The van der Waals surface area contributed by atoms with Crippen molar-refractivity contribution in [2.75, 3.05) is 5.32 Å². The molecule has 1 N–H and O–H groups in total. The van der Waals surface area contributed by atoms with Gasteiger partial charge in [0.25, 0.3) is 0 Å². The zero-order valence-corrected chi connectivity index (χ0v) is 12.2. The van der Waals surface area contributed by atoms with Crippen molar-refractivity contribution < 1.29 is 4.39 Å². The largest absolute Gasteiger partial charge is 0.380 e. The second kappa shape index (κ2) is 5.59. The summed E-state index contributed by atoms with van der Waals surface area (Å²) in [4.78, 5) is 4.16.